The summed E-state index contributed by atoms with van der Waals surface area (Å²) in [5, 5.41) is 3.47. The summed E-state index contributed by atoms with van der Waals surface area (Å²) in [6.07, 6.45) is 6.33. The fourth-order valence-electron chi connectivity index (χ4n) is 3.70. The molecule has 1 unspecified atom stereocenters. The van der Waals surface area contributed by atoms with Crippen molar-refractivity contribution >= 4 is 35.9 Å². The van der Waals surface area contributed by atoms with E-state index in [-0.39, 0.29) is 24.0 Å². The Labute approximate surface area is 180 Å². The van der Waals surface area contributed by atoms with Gasteiger partial charge in [-0.1, -0.05) is 6.92 Å². The number of halogens is 1. The Bertz CT molecular complexity index is 554. The number of piperazine rings is 1. The first-order chi connectivity index (χ1) is 12.8. The third-order valence-electron chi connectivity index (χ3n) is 5.07. The lowest BCUT2D eigenvalue weighted by molar-refractivity contribution is 0.290. The molecule has 3 heterocycles. The number of anilines is 1. The summed E-state index contributed by atoms with van der Waals surface area (Å²) in [6.45, 7) is 13.7. The SMILES string of the molecule is CCNC(=NCC(C)CN1CCCC1)N1CCN(c2ncccn2)CC1.I. The predicted molar refractivity (Wildman–Crippen MR) is 122 cm³/mol. The minimum Gasteiger partial charge on any atom is -0.357 e. The average molecular weight is 487 g/mol. The summed E-state index contributed by atoms with van der Waals surface area (Å²) >= 11 is 0. The highest BCUT2D eigenvalue weighted by Crippen LogP contribution is 2.12. The standard InChI is InChI=1S/C19H33N7.HI/c1-3-20-18(23-15-17(2)16-24-9-4-5-10-24)25-11-13-26(14-12-25)19-21-7-6-8-22-19;/h6-8,17H,3-5,9-16H2,1-2H3,(H,20,23);1H. The molecule has 0 aromatic carbocycles. The van der Waals surface area contributed by atoms with Crippen molar-refractivity contribution < 1.29 is 0 Å². The van der Waals surface area contributed by atoms with Gasteiger partial charge >= 0.3 is 0 Å². The normalized spacial score (nSPS) is 19.7. The quantitative estimate of drug-likeness (QED) is 0.376. The van der Waals surface area contributed by atoms with Gasteiger partial charge in [0.1, 0.15) is 0 Å². The predicted octanol–water partition coefficient (Wildman–Crippen LogP) is 1.91. The first-order valence-electron chi connectivity index (χ1n) is 10.0. The van der Waals surface area contributed by atoms with Crippen LogP contribution < -0.4 is 10.2 Å². The zero-order valence-corrected chi connectivity index (χ0v) is 19.0. The van der Waals surface area contributed by atoms with Gasteiger partial charge in [-0.15, -0.1) is 24.0 Å². The highest BCUT2D eigenvalue weighted by molar-refractivity contribution is 14.0. The minimum absolute atomic E-state index is 0. The Morgan fingerprint density at radius 1 is 1.11 bits per heavy atom. The number of hydrogen-bond acceptors (Lipinski definition) is 5. The average Bonchev–Trinajstić information content (AvgIpc) is 3.19. The molecule has 0 radical (unpaired) electrons. The molecule has 7 nitrogen and oxygen atoms in total. The number of aliphatic imine (C=N–C) groups is 1. The first-order valence-corrected chi connectivity index (χ1v) is 10.0. The van der Waals surface area contributed by atoms with Crippen LogP contribution >= 0.6 is 24.0 Å². The zero-order chi connectivity index (χ0) is 18.2. The Kier molecular flexibility index (Phi) is 9.53. The van der Waals surface area contributed by atoms with Crippen molar-refractivity contribution in [2.24, 2.45) is 10.9 Å². The van der Waals surface area contributed by atoms with Gasteiger partial charge in [0.05, 0.1) is 0 Å². The summed E-state index contributed by atoms with van der Waals surface area (Å²) in [6, 6.07) is 1.86. The summed E-state index contributed by atoms with van der Waals surface area (Å²) in [7, 11) is 0. The molecule has 1 atom stereocenters. The van der Waals surface area contributed by atoms with Gasteiger partial charge < -0.3 is 20.0 Å². The molecule has 2 aliphatic rings. The van der Waals surface area contributed by atoms with E-state index >= 15 is 0 Å². The van der Waals surface area contributed by atoms with Crippen molar-refractivity contribution in [3.63, 3.8) is 0 Å². The van der Waals surface area contributed by atoms with Gasteiger partial charge in [0.2, 0.25) is 5.95 Å². The Hall–Kier alpha value is -1.16. The molecule has 0 saturated carbocycles. The van der Waals surface area contributed by atoms with Crippen molar-refractivity contribution in [1.82, 2.24) is 25.1 Å². The lowest BCUT2D eigenvalue weighted by Crippen LogP contribution is -2.53. The first kappa shape index (κ1) is 22.1. The van der Waals surface area contributed by atoms with Gasteiger partial charge in [-0.25, -0.2) is 9.97 Å². The molecular formula is C19H34IN7. The number of guanidine groups is 1. The number of aromatic nitrogens is 2. The molecule has 8 heteroatoms. The molecule has 0 bridgehead atoms. The Balaban J connectivity index is 0.00000261. The largest absolute Gasteiger partial charge is 0.357 e. The summed E-state index contributed by atoms with van der Waals surface area (Å²) in [4.78, 5) is 20.8. The third kappa shape index (κ3) is 6.74. The van der Waals surface area contributed by atoms with E-state index in [1.807, 2.05) is 18.5 Å². The van der Waals surface area contributed by atoms with E-state index in [2.05, 4.69) is 43.8 Å². The van der Waals surface area contributed by atoms with Gasteiger partial charge in [-0.3, -0.25) is 4.99 Å². The Morgan fingerprint density at radius 2 is 1.78 bits per heavy atom. The molecule has 1 aromatic rings. The summed E-state index contributed by atoms with van der Waals surface area (Å²) < 4.78 is 0. The van der Waals surface area contributed by atoms with Crippen LogP contribution in [-0.4, -0.2) is 84.6 Å². The molecule has 2 fully saturated rings. The van der Waals surface area contributed by atoms with Gasteiger partial charge in [0.25, 0.3) is 0 Å². The van der Waals surface area contributed by atoms with Crippen LogP contribution in [0, 0.1) is 5.92 Å². The molecule has 152 valence electrons. The molecular weight excluding hydrogens is 453 g/mol. The number of nitrogens with one attached hydrogen (secondary N) is 1. The molecule has 0 aliphatic carbocycles. The molecule has 1 N–H and O–H groups in total. The van der Waals surface area contributed by atoms with Crippen LogP contribution in [0.1, 0.15) is 26.7 Å². The van der Waals surface area contributed by atoms with E-state index in [9.17, 15) is 0 Å². The summed E-state index contributed by atoms with van der Waals surface area (Å²) in [5.41, 5.74) is 0. The molecule has 3 rings (SSSR count). The van der Waals surface area contributed by atoms with Gasteiger partial charge in [-0.05, 0) is 44.8 Å². The maximum Gasteiger partial charge on any atom is 0.225 e. The van der Waals surface area contributed by atoms with E-state index in [1.165, 1.54) is 32.5 Å². The van der Waals surface area contributed by atoms with Gasteiger partial charge in [0, 0.05) is 58.2 Å². The highest BCUT2D eigenvalue weighted by Gasteiger charge is 2.21. The topological polar surface area (TPSA) is 59.9 Å². The van der Waals surface area contributed by atoms with E-state index in [0.29, 0.717) is 5.92 Å². The van der Waals surface area contributed by atoms with Crippen LogP contribution in [0.25, 0.3) is 0 Å². The van der Waals surface area contributed by atoms with E-state index < -0.39 is 0 Å². The lowest BCUT2D eigenvalue weighted by Gasteiger charge is -2.36. The van der Waals surface area contributed by atoms with Gasteiger partial charge in [0.15, 0.2) is 5.96 Å². The molecule has 0 spiro atoms. The second-order valence-electron chi connectivity index (χ2n) is 7.33. The molecule has 2 aliphatic heterocycles. The van der Waals surface area contributed by atoms with Crippen LogP contribution in [-0.2, 0) is 0 Å². The zero-order valence-electron chi connectivity index (χ0n) is 16.7. The molecule has 27 heavy (non-hydrogen) atoms. The molecule has 2 saturated heterocycles. The van der Waals surface area contributed by atoms with Crippen LogP contribution in [0.4, 0.5) is 5.95 Å². The lowest BCUT2D eigenvalue weighted by atomic mass is 10.2. The van der Waals surface area contributed by atoms with Gasteiger partial charge in [-0.2, -0.15) is 0 Å². The maximum absolute atomic E-state index is 4.93. The van der Waals surface area contributed by atoms with Crippen molar-refractivity contribution in [3.05, 3.63) is 18.5 Å². The van der Waals surface area contributed by atoms with Crippen LogP contribution in [0.5, 0.6) is 0 Å². The van der Waals surface area contributed by atoms with Crippen molar-refractivity contribution in [2.45, 2.75) is 26.7 Å². The van der Waals surface area contributed by atoms with Crippen molar-refractivity contribution in [3.8, 4) is 0 Å². The van der Waals surface area contributed by atoms with Crippen LogP contribution in [0.3, 0.4) is 0 Å². The minimum atomic E-state index is 0. The van der Waals surface area contributed by atoms with Crippen molar-refractivity contribution in [2.75, 3.05) is 63.8 Å². The monoisotopic (exact) mass is 487 g/mol. The second-order valence-corrected chi connectivity index (χ2v) is 7.33. The summed E-state index contributed by atoms with van der Waals surface area (Å²) in [5.74, 6) is 2.48. The number of nitrogens with zero attached hydrogens (tertiary/aromatic N) is 6. The molecule has 0 amide bonds. The second kappa shape index (κ2) is 11.6. The van der Waals surface area contributed by atoms with E-state index in [1.54, 1.807) is 0 Å². The number of rotatable bonds is 6. The van der Waals surface area contributed by atoms with Crippen LogP contribution in [0.2, 0.25) is 0 Å². The number of hydrogen-bond donors (Lipinski definition) is 1. The third-order valence-corrected chi connectivity index (χ3v) is 5.07. The Morgan fingerprint density at radius 3 is 2.41 bits per heavy atom. The highest BCUT2D eigenvalue weighted by atomic mass is 127. The van der Waals surface area contributed by atoms with E-state index in [0.717, 1.165) is 51.2 Å². The van der Waals surface area contributed by atoms with E-state index in [4.69, 9.17) is 4.99 Å². The fourth-order valence-corrected chi connectivity index (χ4v) is 3.70. The van der Waals surface area contributed by atoms with Crippen LogP contribution in [0.15, 0.2) is 23.5 Å². The number of likely N-dealkylation sites (tertiary alicyclic amines) is 1. The van der Waals surface area contributed by atoms with Crippen molar-refractivity contribution in [1.29, 1.82) is 0 Å². The smallest absolute Gasteiger partial charge is 0.225 e. The maximum atomic E-state index is 4.93. The molecule has 1 aromatic heterocycles. The fraction of sp³-hybridized carbons (Fsp3) is 0.737.